The average Bonchev–Trinajstić information content (AvgIpc) is 3.64. The van der Waals surface area contributed by atoms with Crippen LogP contribution in [-0.4, -0.2) is 43.5 Å². The molecule has 6 aromatic rings. The zero-order chi connectivity index (χ0) is 30.1. The molecule has 218 valence electrons. The number of nitrogens with one attached hydrogen (secondary N) is 1. The molecule has 43 heavy (non-hydrogen) atoms. The molecule has 11 heteroatoms. The Hall–Kier alpha value is -5.45. The van der Waals surface area contributed by atoms with Gasteiger partial charge >= 0.3 is 5.76 Å². The average molecular weight is 579 g/mol. The first kappa shape index (κ1) is 27.7. The smallest absolute Gasteiger partial charge is 0.439 e. The Balaban J connectivity index is 1.45. The van der Waals surface area contributed by atoms with Crippen LogP contribution in [0, 0.1) is 6.92 Å². The van der Waals surface area contributed by atoms with Gasteiger partial charge in [-0.15, -0.1) is 0 Å². The van der Waals surface area contributed by atoms with Gasteiger partial charge in [0.05, 0.1) is 25.6 Å². The quantitative estimate of drug-likeness (QED) is 0.260. The van der Waals surface area contributed by atoms with Crippen molar-refractivity contribution < 1.29 is 14.0 Å². The van der Waals surface area contributed by atoms with E-state index in [1.807, 2.05) is 61.5 Å². The van der Waals surface area contributed by atoms with Crippen molar-refractivity contribution in [3.8, 4) is 39.7 Å². The summed E-state index contributed by atoms with van der Waals surface area (Å²) in [6.07, 6.45) is 1.90. The fraction of sp³-hybridized carbons (Fsp3) is 0.219. The van der Waals surface area contributed by atoms with Gasteiger partial charge in [0.1, 0.15) is 5.82 Å². The third-order valence-corrected chi connectivity index (χ3v) is 7.34. The normalized spacial score (nSPS) is 11.3. The third-order valence-electron chi connectivity index (χ3n) is 7.34. The van der Waals surface area contributed by atoms with E-state index in [0.717, 1.165) is 34.4 Å². The van der Waals surface area contributed by atoms with Crippen LogP contribution in [0.1, 0.15) is 36.0 Å². The fourth-order valence-electron chi connectivity index (χ4n) is 5.37. The van der Waals surface area contributed by atoms with E-state index < -0.39 is 5.76 Å². The van der Waals surface area contributed by atoms with Gasteiger partial charge in [0, 0.05) is 23.6 Å². The first-order valence-corrected chi connectivity index (χ1v) is 13.9. The lowest BCUT2D eigenvalue weighted by atomic mass is 9.96. The summed E-state index contributed by atoms with van der Waals surface area (Å²) in [6.45, 7) is 3.89. The minimum Gasteiger partial charge on any atom is -0.493 e. The lowest BCUT2D eigenvalue weighted by Gasteiger charge is -2.17. The summed E-state index contributed by atoms with van der Waals surface area (Å²) < 4.78 is 19.0. The minimum atomic E-state index is -0.610. The minimum absolute atomic E-state index is 0.167. The number of benzene rings is 3. The van der Waals surface area contributed by atoms with Gasteiger partial charge in [0.2, 0.25) is 5.78 Å². The van der Waals surface area contributed by atoms with Crippen molar-refractivity contribution in [2.24, 2.45) is 0 Å². The maximum Gasteiger partial charge on any atom is 0.439 e. The lowest BCUT2D eigenvalue weighted by Crippen LogP contribution is -2.28. The van der Waals surface area contributed by atoms with Gasteiger partial charge in [0.15, 0.2) is 17.3 Å². The standard InChI is InChI=1S/C32H30N6O5/c1-5-8-26-25(17-20-11-13-21(14-12-20)23-9-6-7-10-24(23)29-34-32(40)43-36-29)30(39)37(31-33-19(2)35-38(26)31)22-15-16-27(41-3)28(18-22)42-4/h6-7,9-16,18H,5,8,17H2,1-4H3,(H,34,36,40). The van der Waals surface area contributed by atoms with Crippen LogP contribution in [0.5, 0.6) is 11.5 Å². The van der Waals surface area contributed by atoms with E-state index in [1.54, 1.807) is 35.4 Å². The largest absolute Gasteiger partial charge is 0.493 e. The highest BCUT2D eigenvalue weighted by atomic mass is 16.5. The number of H-pyrrole nitrogens is 1. The molecule has 3 heterocycles. The number of ether oxygens (including phenoxy) is 2. The topological polar surface area (TPSA) is 130 Å². The van der Waals surface area contributed by atoms with Gasteiger partial charge in [-0.1, -0.05) is 67.0 Å². The molecule has 0 fully saturated rings. The number of methoxy groups -OCH3 is 2. The molecule has 0 aliphatic carbocycles. The van der Waals surface area contributed by atoms with Gasteiger partial charge in [-0.3, -0.25) is 14.3 Å². The second-order valence-electron chi connectivity index (χ2n) is 10.1. The van der Waals surface area contributed by atoms with Crippen LogP contribution in [0.15, 0.2) is 80.8 Å². The molecular weight excluding hydrogens is 548 g/mol. The Morgan fingerprint density at radius 1 is 0.930 bits per heavy atom. The van der Waals surface area contributed by atoms with E-state index >= 15 is 0 Å². The van der Waals surface area contributed by atoms with Crippen molar-refractivity contribution in [3.63, 3.8) is 0 Å². The fourth-order valence-corrected chi connectivity index (χ4v) is 5.37. The van der Waals surface area contributed by atoms with Gasteiger partial charge in [0.25, 0.3) is 5.56 Å². The Bertz CT molecular complexity index is 2050. The molecule has 0 bridgehead atoms. The number of nitrogens with zero attached hydrogens (tertiary/aromatic N) is 5. The molecule has 0 spiro atoms. The van der Waals surface area contributed by atoms with Crippen molar-refractivity contribution in [2.75, 3.05) is 14.2 Å². The summed E-state index contributed by atoms with van der Waals surface area (Å²) in [6, 6.07) is 21.0. The number of rotatable bonds is 9. The predicted octanol–water partition coefficient (Wildman–Crippen LogP) is 4.76. The molecule has 0 saturated carbocycles. The maximum atomic E-state index is 14.3. The summed E-state index contributed by atoms with van der Waals surface area (Å²) >= 11 is 0. The second kappa shape index (κ2) is 11.4. The number of hydrogen-bond donors (Lipinski definition) is 1. The van der Waals surface area contributed by atoms with Crippen molar-refractivity contribution in [3.05, 3.63) is 110 Å². The van der Waals surface area contributed by atoms with Crippen molar-refractivity contribution in [2.45, 2.75) is 33.1 Å². The van der Waals surface area contributed by atoms with Crippen molar-refractivity contribution in [1.29, 1.82) is 0 Å². The zero-order valence-corrected chi connectivity index (χ0v) is 24.2. The van der Waals surface area contributed by atoms with Crippen LogP contribution in [0.4, 0.5) is 0 Å². The molecule has 3 aromatic carbocycles. The molecule has 0 aliphatic heterocycles. The molecule has 0 saturated heterocycles. The van der Waals surface area contributed by atoms with Crippen LogP contribution in [-0.2, 0) is 12.8 Å². The zero-order valence-electron chi connectivity index (χ0n) is 24.2. The molecule has 1 N–H and O–H groups in total. The summed E-state index contributed by atoms with van der Waals surface area (Å²) in [5, 5.41) is 8.54. The number of aromatic amines is 1. The Labute approximate surface area is 246 Å². The van der Waals surface area contributed by atoms with E-state index in [1.165, 1.54) is 0 Å². The van der Waals surface area contributed by atoms with Crippen molar-refractivity contribution in [1.82, 2.24) is 29.3 Å². The Morgan fingerprint density at radius 2 is 1.67 bits per heavy atom. The second-order valence-corrected chi connectivity index (χ2v) is 10.1. The number of aryl methyl sites for hydroxylation is 2. The van der Waals surface area contributed by atoms with Crippen LogP contribution < -0.4 is 20.8 Å². The lowest BCUT2D eigenvalue weighted by molar-refractivity contribution is 0.355. The van der Waals surface area contributed by atoms with Crippen LogP contribution >= 0.6 is 0 Å². The Kier molecular flexibility index (Phi) is 7.37. The highest BCUT2D eigenvalue weighted by molar-refractivity contribution is 5.80. The number of hydrogen-bond acceptors (Lipinski definition) is 8. The maximum absolute atomic E-state index is 14.3. The van der Waals surface area contributed by atoms with E-state index in [4.69, 9.17) is 14.0 Å². The van der Waals surface area contributed by atoms with Crippen LogP contribution in [0.25, 0.3) is 34.0 Å². The molecule has 0 amide bonds. The molecule has 0 radical (unpaired) electrons. The molecule has 0 unspecified atom stereocenters. The molecule has 0 atom stereocenters. The van der Waals surface area contributed by atoms with E-state index in [2.05, 4.69) is 27.1 Å². The summed E-state index contributed by atoms with van der Waals surface area (Å²) in [4.78, 5) is 33.1. The number of aromatic nitrogens is 6. The first-order chi connectivity index (χ1) is 20.9. The van der Waals surface area contributed by atoms with Crippen LogP contribution in [0.2, 0.25) is 0 Å². The van der Waals surface area contributed by atoms with Gasteiger partial charge in [-0.2, -0.15) is 10.1 Å². The van der Waals surface area contributed by atoms with Gasteiger partial charge in [-0.05, 0) is 42.2 Å². The van der Waals surface area contributed by atoms with Gasteiger partial charge in [-0.25, -0.2) is 13.9 Å². The highest BCUT2D eigenvalue weighted by Gasteiger charge is 2.22. The predicted molar refractivity (Wildman–Crippen MR) is 161 cm³/mol. The summed E-state index contributed by atoms with van der Waals surface area (Å²) in [5.41, 5.74) is 5.44. The van der Waals surface area contributed by atoms with Crippen LogP contribution in [0.3, 0.4) is 0 Å². The highest BCUT2D eigenvalue weighted by Crippen LogP contribution is 2.31. The van der Waals surface area contributed by atoms with E-state index in [0.29, 0.717) is 53.0 Å². The molecule has 11 nitrogen and oxygen atoms in total. The first-order valence-electron chi connectivity index (χ1n) is 13.9. The van der Waals surface area contributed by atoms with E-state index in [9.17, 15) is 9.59 Å². The molecule has 6 rings (SSSR count). The summed E-state index contributed by atoms with van der Waals surface area (Å²) in [5.74, 6) is 1.83. The SMILES string of the molecule is CCCc1c(Cc2ccc(-c3ccccc3-c3noc(=O)[nH]3)cc2)c(=O)n(-c2ccc(OC)c(OC)c2)c2nc(C)nn12. The van der Waals surface area contributed by atoms with Gasteiger partial charge < -0.3 is 9.47 Å². The molecular formula is C32H30N6O5. The monoisotopic (exact) mass is 578 g/mol. The third kappa shape index (κ3) is 5.09. The number of fused-ring (bicyclic) bond motifs is 1. The molecule has 0 aliphatic rings. The Morgan fingerprint density at radius 3 is 2.35 bits per heavy atom. The van der Waals surface area contributed by atoms with E-state index in [-0.39, 0.29) is 5.56 Å². The van der Waals surface area contributed by atoms with Crippen molar-refractivity contribution >= 4 is 5.78 Å². The summed E-state index contributed by atoms with van der Waals surface area (Å²) in [7, 11) is 3.13. The molecule has 3 aromatic heterocycles.